The molecule has 1 aliphatic rings. The summed E-state index contributed by atoms with van der Waals surface area (Å²) in [6, 6.07) is 6.14. The molecule has 134 valence electrons. The Kier molecular flexibility index (Phi) is 5.36. The zero-order valence-corrected chi connectivity index (χ0v) is 14.6. The van der Waals surface area contributed by atoms with Gasteiger partial charge in [0.05, 0.1) is 11.7 Å². The van der Waals surface area contributed by atoms with Gasteiger partial charge in [-0.1, -0.05) is 17.3 Å². The van der Waals surface area contributed by atoms with E-state index in [1.165, 1.54) is 12.1 Å². The van der Waals surface area contributed by atoms with E-state index in [1.807, 2.05) is 13.8 Å². The molecule has 1 atom stereocenters. The summed E-state index contributed by atoms with van der Waals surface area (Å²) in [6.07, 6.45) is 3.83. The molecule has 0 spiro atoms. The molecule has 3 rings (SSSR count). The van der Waals surface area contributed by atoms with Crippen molar-refractivity contribution in [2.24, 2.45) is 5.92 Å². The molecule has 0 saturated heterocycles. The third kappa shape index (κ3) is 4.59. The molecule has 5 nitrogen and oxygen atoms in total. The number of amides is 2. The lowest BCUT2D eigenvalue weighted by Gasteiger charge is -2.19. The summed E-state index contributed by atoms with van der Waals surface area (Å²) in [6.45, 7) is 4.41. The molecule has 1 unspecified atom stereocenters. The Morgan fingerprint density at radius 3 is 2.64 bits per heavy atom. The largest absolute Gasteiger partial charge is 0.361 e. The summed E-state index contributed by atoms with van der Waals surface area (Å²) >= 11 is 0. The van der Waals surface area contributed by atoms with Gasteiger partial charge in [0.15, 0.2) is 0 Å². The number of aryl methyl sites for hydroxylation is 2. The Hall–Kier alpha value is -2.37. The number of hydrogen-bond acceptors (Lipinski definition) is 3. The van der Waals surface area contributed by atoms with Crippen molar-refractivity contribution in [1.82, 2.24) is 15.8 Å². The number of halogens is 1. The fourth-order valence-corrected chi connectivity index (χ4v) is 3.09. The lowest BCUT2D eigenvalue weighted by molar-refractivity contribution is 0.235. The van der Waals surface area contributed by atoms with E-state index in [0.717, 1.165) is 48.3 Å². The fraction of sp³-hybridized carbons (Fsp3) is 0.474. The number of carbonyl (C=O) groups excluding carboxylic acids is 1. The first-order chi connectivity index (χ1) is 12.0. The van der Waals surface area contributed by atoms with E-state index in [4.69, 9.17) is 4.52 Å². The molecule has 0 bridgehead atoms. The molecule has 1 heterocycles. The number of urea groups is 1. The minimum atomic E-state index is -0.262. The van der Waals surface area contributed by atoms with Gasteiger partial charge in [0.25, 0.3) is 0 Å². The van der Waals surface area contributed by atoms with Crippen molar-refractivity contribution >= 4 is 6.03 Å². The van der Waals surface area contributed by atoms with E-state index in [0.29, 0.717) is 12.5 Å². The summed E-state index contributed by atoms with van der Waals surface area (Å²) < 4.78 is 18.2. The number of hydrogen-bond donors (Lipinski definition) is 2. The molecule has 6 heteroatoms. The molecule has 2 amide bonds. The fourth-order valence-electron chi connectivity index (χ4n) is 3.09. The molecule has 0 aliphatic heterocycles. The highest BCUT2D eigenvalue weighted by atomic mass is 19.1. The minimum Gasteiger partial charge on any atom is -0.361 e. The van der Waals surface area contributed by atoms with Crippen LogP contribution >= 0.6 is 0 Å². The van der Waals surface area contributed by atoms with Crippen LogP contribution in [0.15, 0.2) is 28.8 Å². The van der Waals surface area contributed by atoms with Gasteiger partial charge in [0.1, 0.15) is 11.6 Å². The summed E-state index contributed by atoms with van der Waals surface area (Å²) in [5.74, 6) is 1.02. The van der Waals surface area contributed by atoms with Crippen molar-refractivity contribution in [3.8, 4) is 0 Å². The zero-order chi connectivity index (χ0) is 17.8. The molecule has 1 aromatic heterocycles. The van der Waals surface area contributed by atoms with E-state index < -0.39 is 0 Å². The molecular weight excluding hydrogens is 321 g/mol. The van der Waals surface area contributed by atoms with Gasteiger partial charge in [-0.15, -0.1) is 0 Å². The third-order valence-corrected chi connectivity index (χ3v) is 4.68. The second-order valence-electron chi connectivity index (χ2n) is 6.67. The Bertz CT molecular complexity index is 703. The number of carbonyl (C=O) groups is 1. The van der Waals surface area contributed by atoms with E-state index in [9.17, 15) is 9.18 Å². The van der Waals surface area contributed by atoms with E-state index >= 15 is 0 Å². The van der Waals surface area contributed by atoms with Crippen LogP contribution in [-0.2, 0) is 6.42 Å². The predicted molar refractivity (Wildman–Crippen MR) is 92.7 cm³/mol. The molecular formula is C19H24FN3O2. The van der Waals surface area contributed by atoms with Gasteiger partial charge in [-0.2, -0.15) is 0 Å². The molecule has 1 fully saturated rings. The van der Waals surface area contributed by atoms with Crippen LogP contribution in [0, 0.1) is 25.6 Å². The second-order valence-corrected chi connectivity index (χ2v) is 6.67. The molecule has 1 aliphatic carbocycles. The van der Waals surface area contributed by atoms with Crippen molar-refractivity contribution in [2.75, 3.05) is 6.54 Å². The number of rotatable bonds is 7. The minimum absolute atomic E-state index is 0.0526. The van der Waals surface area contributed by atoms with Crippen LogP contribution in [0.1, 0.15) is 47.9 Å². The number of aromatic nitrogens is 1. The second kappa shape index (κ2) is 7.68. The highest BCUT2D eigenvalue weighted by Crippen LogP contribution is 2.40. The summed E-state index contributed by atoms with van der Waals surface area (Å²) in [7, 11) is 0. The Morgan fingerprint density at radius 2 is 2.04 bits per heavy atom. The maximum Gasteiger partial charge on any atom is 0.315 e. The highest BCUT2D eigenvalue weighted by molar-refractivity contribution is 5.74. The summed E-state index contributed by atoms with van der Waals surface area (Å²) in [4.78, 5) is 12.2. The molecule has 1 aromatic carbocycles. The van der Waals surface area contributed by atoms with Gasteiger partial charge in [0, 0.05) is 12.1 Å². The monoisotopic (exact) mass is 345 g/mol. The first kappa shape index (κ1) is 17.5. The first-order valence-electron chi connectivity index (χ1n) is 8.76. The van der Waals surface area contributed by atoms with Crippen LogP contribution < -0.4 is 10.6 Å². The normalized spacial score (nSPS) is 15.0. The molecule has 2 aromatic rings. The van der Waals surface area contributed by atoms with Crippen molar-refractivity contribution < 1.29 is 13.7 Å². The van der Waals surface area contributed by atoms with Crippen LogP contribution in [0.25, 0.3) is 0 Å². The Morgan fingerprint density at radius 1 is 1.32 bits per heavy atom. The standard InChI is InChI=1S/C19H24FN3O2/c1-12-17(13(2)25-23-12)4-3-11-21-19(24)22-18(14-5-6-14)15-7-9-16(20)10-8-15/h7-10,14,18H,3-6,11H2,1-2H3,(H2,21,22,24). The lowest BCUT2D eigenvalue weighted by atomic mass is 10.0. The summed E-state index contributed by atoms with van der Waals surface area (Å²) in [5.41, 5.74) is 2.98. The quantitative estimate of drug-likeness (QED) is 0.750. The Balaban J connectivity index is 1.47. The van der Waals surface area contributed by atoms with Gasteiger partial charge in [-0.25, -0.2) is 9.18 Å². The lowest BCUT2D eigenvalue weighted by Crippen LogP contribution is -2.39. The molecule has 1 saturated carbocycles. The van der Waals surface area contributed by atoms with Crippen molar-refractivity contribution in [3.05, 3.63) is 52.7 Å². The van der Waals surface area contributed by atoms with Crippen LogP contribution in [0.5, 0.6) is 0 Å². The average Bonchev–Trinajstić information content (AvgIpc) is 3.38. The SMILES string of the molecule is Cc1noc(C)c1CCCNC(=O)NC(c1ccc(F)cc1)C1CC1. The van der Waals surface area contributed by atoms with E-state index in [-0.39, 0.29) is 17.9 Å². The van der Waals surface area contributed by atoms with E-state index in [1.54, 1.807) is 12.1 Å². The number of nitrogens with one attached hydrogen (secondary N) is 2. The topological polar surface area (TPSA) is 67.2 Å². The van der Waals surface area contributed by atoms with Crippen LogP contribution in [0.3, 0.4) is 0 Å². The van der Waals surface area contributed by atoms with Crippen LogP contribution in [0.2, 0.25) is 0 Å². The van der Waals surface area contributed by atoms with Crippen molar-refractivity contribution in [1.29, 1.82) is 0 Å². The van der Waals surface area contributed by atoms with Gasteiger partial charge in [0.2, 0.25) is 0 Å². The maximum atomic E-state index is 13.1. The molecule has 25 heavy (non-hydrogen) atoms. The predicted octanol–water partition coefficient (Wildman–Crippen LogP) is 3.81. The number of benzene rings is 1. The molecule has 2 N–H and O–H groups in total. The Labute approximate surface area is 147 Å². The summed E-state index contributed by atoms with van der Waals surface area (Å²) in [5, 5.41) is 9.87. The zero-order valence-electron chi connectivity index (χ0n) is 14.6. The maximum absolute atomic E-state index is 13.1. The van der Waals surface area contributed by atoms with Gasteiger partial charge >= 0.3 is 6.03 Å². The van der Waals surface area contributed by atoms with Crippen LogP contribution in [-0.4, -0.2) is 17.7 Å². The highest BCUT2D eigenvalue weighted by Gasteiger charge is 2.33. The first-order valence-corrected chi connectivity index (χ1v) is 8.76. The molecule has 0 radical (unpaired) electrons. The van der Waals surface area contributed by atoms with Crippen LogP contribution in [0.4, 0.5) is 9.18 Å². The van der Waals surface area contributed by atoms with E-state index in [2.05, 4.69) is 15.8 Å². The average molecular weight is 345 g/mol. The third-order valence-electron chi connectivity index (χ3n) is 4.68. The van der Waals surface area contributed by atoms with Gasteiger partial charge < -0.3 is 15.2 Å². The van der Waals surface area contributed by atoms with Gasteiger partial charge in [-0.3, -0.25) is 0 Å². The van der Waals surface area contributed by atoms with Crippen molar-refractivity contribution in [2.45, 2.75) is 45.6 Å². The number of nitrogens with zero attached hydrogens (tertiary/aromatic N) is 1. The van der Waals surface area contributed by atoms with Crippen molar-refractivity contribution in [3.63, 3.8) is 0 Å². The van der Waals surface area contributed by atoms with Gasteiger partial charge in [-0.05, 0) is 63.1 Å². The smallest absolute Gasteiger partial charge is 0.315 e.